The van der Waals surface area contributed by atoms with Crippen LogP contribution in [0.3, 0.4) is 0 Å². The van der Waals surface area contributed by atoms with E-state index < -0.39 is 17.7 Å². The summed E-state index contributed by atoms with van der Waals surface area (Å²) in [4.78, 5) is 36.0. The van der Waals surface area contributed by atoms with Gasteiger partial charge in [-0.2, -0.15) is 0 Å². The Morgan fingerprint density at radius 1 is 1.11 bits per heavy atom. The number of alkyl carbamates (subject to hydrolysis) is 1. The van der Waals surface area contributed by atoms with Gasteiger partial charge in [0, 0.05) is 12.4 Å². The molecular formula is C18H22N4O4S. The highest BCUT2D eigenvalue weighted by molar-refractivity contribution is 7.99. The molecule has 0 radical (unpaired) electrons. The van der Waals surface area contributed by atoms with Crippen molar-refractivity contribution in [3.63, 3.8) is 0 Å². The molecule has 9 heteroatoms. The average Bonchev–Trinajstić information content (AvgIpc) is 2.63. The topological polar surface area (TPSA) is 103 Å². The Labute approximate surface area is 162 Å². The zero-order chi connectivity index (χ0) is 19.7. The van der Waals surface area contributed by atoms with Crippen LogP contribution >= 0.6 is 11.8 Å². The molecule has 0 aromatic carbocycles. The smallest absolute Gasteiger partial charge is 0.407 e. The van der Waals surface area contributed by atoms with E-state index in [1.807, 2.05) is 18.2 Å². The SMILES string of the molecule is CC(C)(C)OC(=O)NCCOC(=O)CSc1nccc(-c2ccccn2)n1. The summed E-state index contributed by atoms with van der Waals surface area (Å²) in [6, 6.07) is 7.31. The first-order valence-corrected chi connectivity index (χ1v) is 9.32. The lowest BCUT2D eigenvalue weighted by Crippen LogP contribution is -2.34. The number of carbonyl (C=O) groups excluding carboxylic acids is 2. The summed E-state index contributed by atoms with van der Waals surface area (Å²) in [5.74, 6) is -0.351. The van der Waals surface area contributed by atoms with E-state index in [0.29, 0.717) is 10.9 Å². The Morgan fingerprint density at radius 2 is 1.93 bits per heavy atom. The van der Waals surface area contributed by atoms with Crippen molar-refractivity contribution in [2.45, 2.75) is 31.5 Å². The Balaban J connectivity index is 1.71. The first-order chi connectivity index (χ1) is 12.8. The minimum Gasteiger partial charge on any atom is -0.463 e. The number of nitrogens with one attached hydrogen (secondary N) is 1. The fourth-order valence-corrected chi connectivity index (χ4v) is 2.49. The summed E-state index contributed by atoms with van der Waals surface area (Å²) in [6.07, 6.45) is 2.76. The normalized spacial score (nSPS) is 10.9. The molecule has 2 aromatic rings. The Kier molecular flexibility index (Phi) is 7.54. The number of rotatable bonds is 7. The molecule has 2 heterocycles. The van der Waals surface area contributed by atoms with Gasteiger partial charge < -0.3 is 14.8 Å². The van der Waals surface area contributed by atoms with E-state index >= 15 is 0 Å². The van der Waals surface area contributed by atoms with Crippen LogP contribution in [0, 0.1) is 0 Å². The van der Waals surface area contributed by atoms with Gasteiger partial charge in [-0.05, 0) is 39.0 Å². The molecule has 0 atom stereocenters. The lowest BCUT2D eigenvalue weighted by Gasteiger charge is -2.19. The summed E-state index contributed by atoms with van der Waals surface area (Å²) in [5.41, 5.74) is 0.849. The predicted octanol–water partition coefficient (Wildman–Crippen LogP) is 2.70. The number of hydrogen-bond donors (Lipinski definition) is 1. The first-order valence-electron chi connectivity index (χ1n) is 8.33. The van der Waals surface area contributed by atoms with Crippen LogP contribution in [0.5, 0.6) is 0 Å². The second kappa shape index (κ2) is 9.86. The molecule has 2 aromatic heterocycles. The molecule has 0 aliphatic rings. The van der Waals surface area contributed by atoms with Crippen LogP contribution in [-0.2, 0) is 14.3 Å². The van der Waals surface area contributed by atoms with Crippen molar-refractivity contribution in [1.29, 1.82) is 0 Å². The molecule has 0 fully saturated rings. The summed E-state index contributed by atoms with van der Waals surface area (Å²) in [7, 11) is 0. The summed E-state index contributed by atoms with van der Waals surface area (Å²) >= 11 is 1.17. The van der Waals surface area contributed by atoms with Crippen molar-refractivity contribution in [3.8, 4) is 11.4 Å². The minimum absolute atomic E-state index is 0.0630. The number of ether oxygens (including phenoxy) is 2. The van der Waals surface area contributed by atoms with Crippen molar-refractivity contribution < 1.29 is 19.1 Å². The molecule has 0 saturated carbocycles. The molecule has 8 nitrogen and oxygen atoms in total. The molecule has 0 aliphatic carbocycles. The lowest BCUT2D eigenvalue weighted by atomic mass is 10.2. The van der Waals surface area contributed by atoms with E-state index in [-0.39, 0.29) is 18.9 Å². The van der Waals surface area contributed by atoms with Gasteiger partial charge in [0.05, 0.1) is 23.7 Å². The van der Waals surface area contributed by atoms with Gasteiger partial charge in [0.25, 0.3) is 0 Å². The van der Waals surface area contributed by atoms with E-state index in [4.69, 9.17) is 9.47 Å². The van der Waals surface area contributed by atoms with E-state index in [2.05, 4.69) is 20.3 Å². The highest BCUT2D eigenvalue weighted by atomic mass is 32.2. The summed E-state index contributed by atoms with van der Waals surface area (Å²) < 4.78 is 10.1. The molecular weight excluding hydrogens is 368 g/mol. The zero-order valence-electron chi connectivity index (χ0n) is 15.5. The summed E-state index contributed by atoms with van der Waals surface area (Å²) in [6.45, 7) is 5.56. The minimum atomic E-state index is -0.568. The number of carbonyl (C=O) groups is 2. The van der Waals surface area contributed by atoms with E-state index in [1.54, 1.807) is 39.2 Å². The Hall–Kier alpha value is -2.68. The average molecular weight is 390 g/mol. The largest absolute Gasteiger partial charge is 0.463 e. The molecule has 1 amide bonds. The van der Waals surface area contributed by atoms with Gasteiger partial charge in [-0.1, -0.05) is 17.8 Å². The fraction of sp³-hybridized carbons (Fsp3) is 0.389. The molecule has 0 aliphatic heterocycles. The van der Waals surface area contributed by atoms with Crippen LogP contribution in [0.15, 0.2) is 41.8 Å². The van der Waals surface area contributed by atoms with Crippen LogP contribution in [0.1, 0.15) is 20.8 Å². The molecule has 2 rings (SSSR count). The summed E-state index contributed by atoms with van der Waals surface area (Å²) in [5, 5.41) is 2.98. The standard InChI is InChI=1S/C18H22N4O4S/c1-18(2,3)26-17(24)21-10-11-25-15(23)12-27-16-20-9-7-14(22-16)13-6-4-5-8-19-13/h4-9H,10-12H2,1-3H3,(H,21,24). The maximum absolute atomic E-state index is 11.8. The van der Waals surface area contributed by atoms with E-state index in [9.17, 15) is 9.59 Å². The van der Waals surface area contributed by atoms with Gasteiger partial charge in [0.15, 0.2) is 5.16 Å². The molecule has 144 valence electrons. The second-order valence-electron chi connectivity index (χ2n) is 6.38. The number of aromatic nitrogens is 3. The van der Waals surface area contributed by atoms with Crippen LogP contribution in [0.25, 0.3) is 11.4 Å². The molecule has 0 bridgehead atoms. The zero-order valence-corrected chi connectivity index (χ0v) is 16.3. The lowest BCUT2D eigenvalue weighted by molar-refractivity contribution is -0.140. The van der Waals surface area contributed by atoms with Crippen LogP contribution in [0.2, 0.25) is 0 Å². The number of thioether (sulfide) groups is 1. The quantitative estimate of drug-likeness (QED) is 0.333. The third kappa shape index (κ3) is 8.04. The number of pyridine rings is 1. The number of amides is 1. The molecule has 0 saturated heterocycles. The molecule has 0 unspecified atom stereocenters. The van der Waals surface area contributed by atoms with Gasteiger partial charge in [-0.15, -0.1) is 0 Å². The van der Waals surface area contributed by atoms with Crippen molar-refractivity contribution in [3.05, 3.63) is 36.7 Å². The van der Waals surface area contributed by atoms with Gasteiger partial charge in [-0.25, -0.2) is 14.8 Å². The van der Waals surface area contributed by atoms with Crippen LogP contribution in [0.4, 0.5) is 4.79 Å². The highest BCUT2D eigenvalue weighted by Gasteiger charge is 2.15. The van der Waals surface area contributed by atoms with E-state index in [0.717, 1.165) is 5.69 Å². The molecule has 27 heavy (non-hydrogen) atoms. The Morgan fingerprint density at radius 3 is 2.63 bits per heavy atom. The maximum Gasteiger partial charge on any atom is 0.407 e. The van der Waals surface area contributed by atoms with Crippen molar-refractivity contribution in [2.24, 2.45) is 0 Å². The second-order valence-corrected chi connectivity index (χ2v) is 7.32. The Bertz CT molecular complexity index is 765. The van der Waals surface area contributed by atoms with Gasteiger partial charge in [0.2, 0.25) is 0 Å². The molecule has 0 spiro atoms. The van der Waals surface area contributed by atoms with E-state index in [1.165, 1.54) is 11.8 Å². The van der Waals surface area contributed by atoms with Gasteiger partial charge in [-0.3, -0.25) is 9.78 Å². The monoisotopic (exact) mass is 390 g/mol. The third-order valence-electron chi connectivity index (χ3n) is 2.91. The predicted molar refractivity (Wildman–Crippen MR) is 101 cm³/mol. The molecule has 1 N–H and O–H groups in total. The van der Waals surface area contributed by atoms with Crippen LogP contribution < -0.4 is 5.32 Å². The van der Waals surface area contributed by atoms with Crippen molar-refractivity contribution in [1.82, 2.24) is 20.3 Å². The van der Waals surface area contributed by atoms with Crippen LogP contribution in [-0.4, -0.2) is 51.5 Å². The third-order valence-corrected chi connectivity index (χ3v) is 3.75. The van der Waals surface area contributed by atoms with Gasteiger partial charge >= 0.3 is 12.1 Å². The maximum atomic E-state index is 11.8. The van der Waals surface area contributed by atoms with Crippen molar-refractivity contribution >= 4 is 23.8 Å². The number of nitrogens with zero attached hydrogens (tertiary/aromatic N) is 3. The fourth-order valence-electron chi connectivity index (χ4n) is 1.86. The first kappa shape index (κ1) is 20.6. The van der Waals surface area contributed by atoms with Crippen molar-refractivity contribution in [2.75, 3.05) is 18.9 Å². The number of esters is 1. The van der Waals surface area contributed by atoms with Gasteiger partial charge in [0.1, 0.15) is 12.2 Å². The highest BCUT2D eigenvalue weighted by Crippen LogP contribution is 2.18. The number of hydrogen-bond acceptors (Lipinski definition) is 8.